The lowest BCUT2D eigenvalue weighted by Gasteiger charge is -2.19. The van der Waals surface area contributed by atoms with Crippen LogP contribution in [0.25, 0.3) is 0 Å². The van der Waals surface area contributed by atoms with Crippen molar-refractivity contribution in [2.75, 3.05) is 0 Å². The molecular weight excluding hydrogens is 268 g/mol. The molecular formula is C16H18O3Si. The fraction of sp³-hybridized carbons (Fsp3) is 0.188. The molecule has 0 amide bonds. The van der Waals surface area contributed by atoms with Gasteiger partial charge in [0.1, 0.15) is 11.5 Å². The Labute approximate surface area is 120 Å². The van der Waals surface area contributed by atoms with Crippen LogP contribution in [0, 0.1) is 0 Å². The van der Waals surface area contributed by atoms with Gasteiger partial charge in [0.25, 0.3) is 0 Å². The van der Waals surface area contributed by atoms with Crippen molar-refractivity contribution in [1.29, 1.82) is 0 Å². The SMILES string of the molecule is C[Si](C)(C)Oc1ccc(OC(=O)c2ccccc2)cc1. The zero-order chi connectivity index (χ0) is 14.6. The fourth-order valence-corrected chi connectivity index (χ4v) is 2.51. The first-order valence-corrected chi connectivity index (χ1v) is 9.91. The predicted molar refractivity (Wildman–Crippen MR) is 81.8 cm³/mol. The molecule has 0 aliphatic heterocycles. The molecule has 2 rings (SSSR count). The minimum atomic E-state index is -1.61. The summed E-state index contributed by atoms with van der Waals surface area (Å²) in [6, 6.07) is 16.1. The van der Waals surface area contributed by atoms with E-state index in [2.05, 4.69) is 19.6 Å². The second-order valence-corrected chi connectivity index (χ2v) is 9.87. The minimum absolute atomic E-state index is 0.357. The van der Waals surface area contributed by atoms with Crippen LogP contribution < -0.4 is 9.16 Å². The summed E-state index contributed by atoms with van der Waals surface area (Å²) in [7, 11) is -1.61. The van der Waals surface area contributed by atoms with E-state index in [9.17, 15) is 4.79 Å². The van der Waals surface area contributed by atoms with Gasteiger partial charge >= 0.3 is 5.97 Å². The zero-order valence-corrected chi connectivity index (χ0v) is 12.9. The number of carbonyl (C=O) groups excluding carboxylic acids is 1. The average molecular weight is 286 g/mol. The number of hydrogen-bond donors (Lipinski definition) is 0. The maximum atomic E-state index is 11.9. The van der Waals surface area contributed by atoms with Crippen molar-refractivity contribution in [3.05, 3.63) is 60.2 Å². The predicted octanol–water partition coefficient (Wildman–Crippen LogP) is 4.12. The van der Waals surface area contributed by atoms with Crippen LogP contribution in [0.4, 0.5) is 0 Å². The lowest BCUT2D eigenvalue weighted by Crippen LogP contribution is -2.29. The molecule has 0 bridgehead atoms. The maximum absolute atomic E-state index is 11.9. The lowest BCUT2D eigenvalue weighted by atomic mass is 10.2. The van der Waals surface area contributed by atoms with Gasteiger partial charge in [0.15, 0.2) is 0 Å². The van der Waals surface area contributed by atoms with E-state index in [0.29, 0.717) is 11.3 Å². The van der Waals surface area contributed by atoms with Crippen LogP contribution in [0.1, 0.15) is 10.4 Å². The maximum Gasteiger partial charge on any atom is 0.343 e. The summed E-state index contributed by atoms with van der Waals surface area (Å²) in [5.41, 5.74) is 0.537. The van der Waals surface area contributed by atoms with E-state index in [1.165, 1.54) is 0 Å². The Morgan fingerprint density at radius 1 is 0.850 bits per heavy atom. The number of esters is 1. The molecule has 0 saturated carbocycles. The lowest BCUT2D eigenvalue weighted by molar-refractivity contribution is 0.0734. The van der Waals surface area contributed by atoms with Crippen LogP contribution in [0.2, 0.25) is 19.6 Å². The molecule has 0 aliphatic rings. The number of benzene rings is 2. The summed E-state index contributed by atoms with van der Waals surface area (Å²) in [6.45, 7) is 6.36. The number of rotatable bonds is 4. The molecule has 3 nitrogen and oxygen atoms in total. The Morgan fingerprint density at radius 2 is 1.40 bits per heavy atom. The zero-order valence-electron chi connectivity index (χ0n) is 11.9. The van der Waals surface area contributed by atoms with Gasteiger partial charge in [-0.15, -0.1) is 0 Å². The van der Waals surface area contributed by atoms with Gasteiger partial charge in [-0.3, -0.25) is 0 Å². The van der Waals surface area contributed by atoms with Gasteiger partial charge in [0.2, 0.25) is 8.32 Å². The van der Waals surface area contributed by atoms with Crippen molar-refractivity contribution in [2.45, 2.75) is 19.6 Å². The Kier molecular flexibility index (Phi) is 4.25. The van der Waals surface area contributed by atoms with Gasteiger partial charge in [-0.2, -0.15) is 0 Å². The third-order valence-electron chi connectivity index (χ3n) is 2.47. The van der Waals surface area contributed by atoms with Crippen LogP contribution >= 0.6 is 0 Å². The topological polar surface area (TPSA) is 35.5 Å². The Hall–Kier alpha value is -2.07. The van der Waals surface area contributed by atoms with E-state index in [0.717, 1.165) is 5.75 Å². The molecule has 0 aliphatic carbocycles. The molecule has 2 aromatic rings. The van der Waals surface area contributed by atoms with Gasteiger partial charge in [-0.25, -0.2) is 4.79 Å². The number of hydrogen-bond acceptors (Lipinski definition) is 3. The summed E-state index contributed by atoms with van der Waals surface area (Å²) in [4.78, 5) is 11.9. The largest absolute Gasteiger partial charge is 0.544 e. The van der Waals surface area contributed by atoms with E-state index < -0.39 is 8.32 Å². The first-order chi connectivity index (χ1) is 9.44. The molecule has 4 heteroatoms. The molecule has 0 unspecified atom stereocenters. The van der Waals surface area contributed by atoms with Crippen LogP contribution in [0.3, 0.4) is 0 Å². The third-order valence-corrected chi connectivity index (χ3v) is 3.32. The molecule has 20 heavy (non-hydrogen) atoms. The van der Waals surface area contributed by atoms with Crippen LogP contribution in [0.15, 0.2) is 54.6 Å². The Balaban J connectivity index is 2.02. The van der Waals surface area contributed by atoms with E-state index in [4.69, 9.17) is 9.16 Å². The molecule has 0 radical (unpaired) electrons. The summed E-state index contributed by atoms with van der Waals surface area (Å²) >= 11 is 0. The van der Waals surface area contributed by atoms with Crippen molar-refractivity contribution in [3.8, 4) is 11.5 Å². The molecule has 0 saturated heterocycles. The standard InChI is InChI=1S/C16H18O3Si/c1-20(2,3)19-15-11-9-14(10-12-15)18-16(17)13-7-5-4-6-8-13/h4-12H,1-3H3. The van der Waals surface area contributed by atoms with Gasteiger partial charge in [0, 0.05) is 0 Å². The molecule has 0 N–H and O–H groups in total. The summed E-state index contributed by atoms with van der Waals surface area (Å²) in [5.74, 6) is 0.968. The second-order valence-electron chi connectivity index (χ2n) is 5.44. The molecule has 0 fully saturated rings. The second kappa shape index (κ2) is 5.92. The minimum Gasteiger partial charge on any atom is -0.544 e. The van der Waals surface area contributed by atoms with Crippen molar-refractivity contribution >= 4 is 14.3 Å². The van der Waals surface area contributed by atoms with E-state index in [1.54, 1.807) is 24.3 Å². The molecule has 0 atom stereocenters. The highest BCUT2D eigenvalue weighted by atomic mass is 28.4. The molecule has 0 aromatic heterocycles. The Morgan fingerprint density at radius 3 is 1.95 bits per heavy atom. The average Bonchev–Trinajstić information content (AvgIpc) is 2.40. The quantitative estimate of drug-likeness (QED) is 0.482. The van der Waals surface area contributed by atoms with Crippen molar-refractivity contribution in [2.24, 2.45) is 0 Å². The normalized spacial score (nSPS) is 10.9. The highest BCUT2D eigenvalue weighted by molar-refractivity contribution is 6.70. The molecule has 0 spiro atoms. The third kappa shape index (κ3) is 4.24. The Bertz CT molecular complexity index is 571. The van der Waals surface area contributed by atoms with Gasteiger partial charge in [-0.05, 0) is 56.0 Å². The highest BCUT2D eigenvalue weighted by Crippen LogP contribution is 2.21. The van der Waals surface area contributed by atoms with Gasteiger partial charge in [0.05, 0.1) is 5.56 Å². The summed E-state index contributed by atoms with van der Waals surface area (Å²) in [5, 5.41) is 0. The van der Waals surface area contributed by atoms with Crippen LogP contribution in [-0.2, 0) is 0 Å². The van der Waals surface area contributed by atoms with Crippen molar-refractivity contribution in [3.63, 3.8) is 0 Å². The first-order valence-electron chi connectivity index (χ1n) is 6.50. The van der Waals surface area contributed by atoms with Crippen molar-refractivity contribution < 1.29 is 14.0 Å². The molecule has 0 heterocycles. The van der Waals surface area contributed by atoms with Crippen LogP contribution in [-0.4, -0.2) is 14.3 Å². The highest BCUT2D eigenvalue weighted by Gasteiger charge is 2.16. The molecule has 104 valence electrons. The van der Waals surface area contributed by atoms with E-state index in [-0.39, 0.29) is 5.97 Å². The van der Waals surface area contributed by atoms with E-state index >= 15 is 0 Å². The number of carbonyl (C=O) groups is 1. The van der Waals surface area contributed by atoms with Gasteiger partial charge < -0.3 is 9.16 Å². The summed E-state index contributed by atoms with van der Waals surface area (Å²) < 4.78 is 11.1. The fourth-order valence-electron chi connectivity index (χ4n) is 1.67. The van der Waals surface area contributed by atoms with Crippen LogP contribution in [0.5, 0.6) is 11.5 Å². The van der Waals surface area contributed by atoms with E-state index in [1.807, 2.05) is 30.3 Å². The first kappa shape index (κ1) is 14.3. The monoisotopic (exact) mass is 286 g/mol. The number of ether oxygens (including phenoxy) is 1. The summed E-state index contributed by atoms with van der Waals surface area (Å²) in [6.07, 6.45) is 0. The molecule has 2 aromatic carbocycles. The van der Waals surface area contributed by atoms with Crippen molar-refractivity contribution in [1.82, 2.24) is 0 Å². The van der Waals surface area contributed by atoms with Gasteiger partial charge in [-0.1, -0.05) is 18.2 Å². The smallest absolute Gasteiger partial charge is 0.343 e.